The summed E-state index contributed by atoms with van der Waals surface area (Å²) in [5.41, 5.74) is 3.04. The highest BCUT2D eigenvalue weighted by atomic mass is 79.9. The number of methoxy groups -OCH3 is 1. The zero-order chi connectivity index (χ0) is 22.2. The summed E-state index contributed by atoms with van der Waals surface area (Å²) < 4.78 is 41.0. The van der Waals surface area contributed by atoms with Crippen molar-refractivity contribution in [3.63, 3.8) is 0 Å². The molecule has 1 N–H and O–H groups in total. The van der Waals surface area contributed by atoms with Crippen LogP contribution in [0, 0.1) is 17.6 Å². The number of halogens is 3. The lowest BCUT2D eigenvalue weighted by Crippen LogP contribution is -2.30. The van der Waals surface area contributed by atoms with E-state index in [4.69, 9.17) is 9.47 Å². The summed E-state index contributed by atoms with van der Waals surface area (Å²) in [6.45, 7) is 0.412. The number of fused-ring (bicyclic) bond motifs is 3. The van der Waals surface area contributed by atoms with Gasteiger partial charge in [0.25, 0.3) is 0 Å². The second-order valence-electron chi connectivity index (χ2n) is 8.14. The fraction of sp³-hybridized carbons (Fsp3) is 0.231. The number of benzene rings is 3. The molecule has 0 radical (unpaired) electrons. The molecule has 2 aliphatic rings. The molecule has 3 aromatic rings. The predicted octanol–water partition coefficient (Wildman–Crippen LogP) is 7.14. The number of anilines is 1. The van der Waals surface area contributed by atoms with E-state index in [-0.39, 0.29) is 17.9 Å². The minimum atomic E-state index is -0.572. The molecule has 0 saturated carbocycles. The largest absolute Gasteiger partial charge is 0.493 e. The van der Waals surface area contributed by atoms with Crippen molar-refractivity contribution in [1.82, 2.24) is 0 Å². The van der Waals surface area contributed by atoms with Gasteiger partial charge in [-0.25, -0.2) is 8.78 Å². The number of nitrogens with one attached hydrogen (secondary N) is 1. The van der Waals surface area contributed by atoms with Crippen molar-refractivity contribution in [2.24, 2.45) is 5.92 Å². The summed E-state index contributed by atoms with van der Waals surface area (Å²) in [7, 11) is 1.60. The van der Waals surface area contributed by atoms with Gasteiger partial charge in [0.1, 0.15) is 18.2 Å². The van der Waals surface area contributed by atoms with Gasteiger partial charge in [-0.3, -0.25) is 0 Å². The van der Waals surface area contributed by atoms with E-state index in [2.05, 4.69) is 33.4 Å². The van der Waals surface area contributed by atoms with Crippen LogP contribution >= 0.6 is 15.9 Å². The number of allylic oxidation sites excluding steroid dienone is 2. The van der Waals surface area contributed by atoms with Gasteiger partial charge in [0, 0.05) is 12.0 Å². The van der Waals surface area contributed by atoms with E-state index in [1.165, 1.54) is 6.07 Å². The topological polar surface area (TPSA) is 30.5 Å². The van der Waals surface area contributed by atoms with Gasteiger partial charge < -0.3 is 14.8 Å². The average Bonchev–Trinajstić information content (AvgIpc) is 3.28. The maximum atomic E-state index is 14.6. The van der Waals surface area contributed by atoms with Crippen molar-refractivity contribution in [2.75, 3.05) is 12.4 Å². The molecule has 0 amide bonds. The highest BCUT2D eigenvalue weighted by Gasteiger charge is 2.39. The van der Waals surface area contributed by atoms with E-state index < -0.39 is 11.6 Å². The molecule has 0 unspecified atom stereocenters. The zero-order valence-corrected chi connectivity index (χ0v) is 19.0. The standard InChI is InChI=1S/C26H22BrF2NO2/c1-31-23-11-16(10-21(27)26(23)32-14-15-6-3-2-4-7-15)24-19-9-5-8-18(19)20-12-17(28)13-22(29)25(20)30-24/h2-8,10-13,18-19,24,30H,9,14H2,1H3/t18-,19-,24+/m1/s1. The lowest BCUT2D eigenvalue weighted by molar-refractivity contribution is 0.282. The molecule has 0 fully saturated rings. The molecule has 0 bridgehead atoms. The molecule has 6 heteroatoms. The molecule has 0 aromatic heterocycles. The Morgan fingerprint density at radius 2 is 1.91 bits per heavy atom. The maximum Gasteiger partial charge on any atom is 0.175 e. The molecule has 32 heavy (non-hydrogen) atoms. The van der Waals surface area contributed by atoms with Gasteiger partial charge in [-0.05, 0) is 63.2 Å². The Morgan fingerprint density at radius 1 is 1.09 bits per heavy atom. The summed E-state index contributed by atoms with van der Waals surface area (Å²) in [5.74, 6) is 0.199. The molecule has 3 aromatic carbocycles. The number of hydrogen-bond acceptors (Lipinski definition) is 3. The summed E-state index contributed by atoms with van der Waals surface area (Å²) in [5, 5.41) is 3.34. The van der Waals surface area contributed by atoms with Crippen LogP contribution in [0.5, 0.6) is 11.5 Å². The summed E-state index contributed by atoms with van der Waals surface area (Å²) >= 11 is 3.64. The Balaban J connectivity index is 1.49. The van der Waals surface area contributed by atoms with E-state index in [0.29, 0.717) is 29.4 Å². The Kier molecular flexibility index (Phi) is 5.64. The lowest BCUT2D eigenvalue weighted by Gasteiger charge is -2.38. The van der Waals surface area contributed by atoms with Gasteiger partial charge in [-0.15, -0.1) is 0 Å². The number of rotatable bonds is 5. The van der Waals surface area contributed by atoms with Crippen molar-refractivity contribution >= 4 is 21.6 Å². The highest BCUT2D eigenvalue weighted by Crippen LogP contribution is 2.52. The minimum Gasteiger partial charge on any atom is -0.493 e. The first-order valence-corrected chi connectivity index (χ1v) is 11.3. The average molecular weight is 498 g/mol. The Labute approximate surface area is 194 Å². The lowest BCUT2D eigenvalue weighted by atomic mass is 9.77. The van der Waals surface area contributed by atoms with Crippen LogP contribution in [0.15, 0.2) is 71.2 Å². The van der Waals surface area contributed by atoms with Crippen LogP contribution in [-0.2, 0) is 6.61 Å². The number of hydrogen-bond donors (Lipinski definition) is 1. The molecule has 164 valence electrons. The molecule has 3 nitrogen and oxygen atoms in total. The third kappa shape index (κ3) is 3.77. The first kappa shape index (κ1) is 21.0. The highest BCUT2D eigenvalue weighted by molar-refractivity contribution is 9.10. The fourth-order valence-corrected chi connectivity index (χ4v) is 5.31. The van der Waals surface area contributed by atoms with Gasteiger partial charge in [-0.2, -0.15) is 0 Å². The first-order chi connectivity index (χ1) is 15.5. The predicted molar refractivity (Wildman–Crippen MR) is 124 cm³/mol. The second kappa shape index (κ2) is 8.58. The van der Waals surface area contributed by atoms with Crippen molar-refractivity contribution < 1.29 is 18.3 Å². The van der Waals surface area contributed by atoms with Gasteiger partial charge in [0.05, 0.1) is 23.3 Å². The molecular formula is C26H22BrF2NO2. The molecule has 1 aliphatic carbocycles. The molecule has 0 spiro atoms. The van der Waals surface area contributed by atoms with Crippen LogP contribution in [-0.4, -0.2) is 7.11 Å². The van der Waals surface area contributed by atoms with Crippen molar-refractivity contribution in [3.8, 4) is 11.5 Å². The van der Waals surface area contributed by atoms with Crippen LogP contribution in [0.25, 0.3) is 0 Å². The monoisotopic (exact) mass is 497 g/mol. The summed E-state index contributed by atoms with van der Waals surface area (Å²) in [6, 6.07) is 16.0. The van der Waals surface area contributed by atoms with Crippen molar-refractivity contribution in [1.29, 1.82) is 0 Å². The Bertz CT molecular complexity index is 1180. The molecule has 1 aliphatic heterocycles. The zero-order valence-electron chi connectivity index (χ0n) is 17.4. The molecule has 1 heterocycles. The second-order valence-corrected chi connectivity index (χ2v) is 8.99. The summed E-state index contributed by atoms with van der Waals surface area (Å²) in [6.07, 6.45) is 4.97. The van der Waals surface area contributed by atoms with Crippen molar-refractivity contribution in [2.45, 2.75) is 25.0 Å². The van der Waals surface area contributed by atoms with Gasteiger partial charge in [0.2, 0.25) is 0 Å². The van der Waals surface area contributed by atoms with E-state index in [1.807, 2.05) is 42.5 Å². The first-order valence-electron chi connectivity index (χ1n) is 10.5. The Hall–Kier alpha value is -2.86. The molecular weight excluding hydrogens is 476 g/mol. The van der Waals surface area contributed by atoms with Crippen LogP contribution < -0.4 is 14.8 Å². The third-order valence-corrected chi connectivity index (χ3v) is 6.81. The van der Waals surface area contributed by atoms with Crippen LogP contribution in [0.3, 0.4) is 0 Å². The minimum absolute atomic E-state index is 0.0415. The van der Waals surface area contributed by atoms with E-state index in [0.717, 1.165) is 28.1 Å². The van der Waals surface area contributed by atoms with E-state index in [1.54, 1.807) is 7.11 Å². The molecule has 5 rings (SSSR count). The van der Waals surface area contributed by atoms with Gasteiger partial charge in [-0.1, -0.05) is 42.5 Å². The normalized spacial score (nSPS) is 20.9. The van der Waals surface area contributed by atoms with Gasteiger partial charge >= 0.3 is 0 Å². The smallest absolute Gasteiger partial charge is 0.175 e. The van der Waals surface area contributed by atoms with Crippen LogP contribution in [0.1, 0.15) is 35.1 Å². The van der Waals surface area contributed by atoms with Crippen LogP contribution in [0.2, 0.25) is 0 Å². The van der Waals surface area contributed by atoms with E-state index in [9.17, 15) is 8.78 Å². The maximum absolute atomic E-state index is 14.6. The molecule has 3 atom stereocenters. The fourth-order valence-electron chi connectivity index (χ4n) is 4.74. The van der Waals surface area contributed by atoms with Crippen LogP contribution in [0.4, 0.5) is 14.5 Å². The van der Waals surface area contributed by atoms with Crippen molar-refractivity contribution in [3.05, 3.63) is 99.5 Å². The Morgan fingerprint density at radius 3 is 2.69 bits per heavy atom. The summed E-state index contributed by atoms with van der Waals surface area (Å²) in [4.78, 5) is 0. The quantitative estimate of drug-likeness (QED) is 0.380. The van der Waals surface area contributed by atoms with Gasteiger partial charge in [0.15, 0.2) is 11.5 Å². The number of ether oxygens (including phenoxy) is 2. The van der Waals surface area contributed by atoms with E-state index >= 15 is 0 Å². The SMILES string of the molecule is COc1cc([C@@H]2Nc3c(F)cc(F)cc3[C@@H]3C=CC[C@H]32)cc(Br)c1OCc1ccccc1. The molecule has 0 saturated heterocycles. The third-order valence-electron chi connectivity index (χ3n) is 6.22.